The molecule has 2 rings (SSSR count). The lowest BCUT2D eigenvalue weighted by atomic mass is 10.0. The summed E-state index contributed by atoms with van der Waals surface area (Å²) in [7, 11) is 0. The molecule has 0 aliphatic heterocycles. The molecule has 0 nitrogen and oxygen atoms in total. The smallest absolute Gasteiger partial charge is 0.170 e. The van der Waals surface area contributed by atoms with Crippen molar-refractivity contribution in [2.24, 2.45) is 0 Å². The number of fused-ring (bicyclic) bond motifs is 1. The van der Waals surface area contributed by atoms with Crippen molar-refractivity contribution in [2.75, 3.05) is 0 Å². The molecule has 0 aromatic heterocycles. The van der Waals surface area contributed by atoms with Crippen LogP contribution in [0.2, 0.25) is 0 Å². The SMILES string of the molecule is Cc1cc(F)c2c(F)c(C)c(F)c(F)c2c1F.F. The van der Waals surface area contributed by atoms with E-state index in [1.54, 1.807) is 0 Å². The number of hydrogen-bond donors (Lipinski definition) is 0. The number of halogens is 6. The molecule has 0 saturated carbocycles. The second-order valence-corrected chi connectivity index (χ2v) is 3.81. The van der Waals surface area contributed by atoms with Crippen molar-refractivity contribution in [3.63, 3.8) is 0 Å². The van der Waals surface area contributed by atoms with Crippen LogP contribution in [0.5, 0.6) is 0 Å². The summed E-state index contributed by atoms with van der Waals surface area (Å²) in [4.78, 5) is 0. The van der Waals surface area contributed by atoms with Crippen molar-refractivity contribution in [1.82, 2.24) is 0 Å². The molecule has 0 aliphatic rings. The molecule has 2 aromatic rings. The van der Waals surface area contributed by atoms with E-state index in [9.17, 15) is 22.0 Å². The van der Waals surface area contributed by atoms with Crippen LogP contribution in [0.1, 0.15) is 11.1 Å². The van der Waals surface area contributed by atoms with E-state index in [0.717, 1.165) is 13.0 Å². The summed E-state index contributed by atoms with van der Waals surface area (Å²) in [6.45, 7) is 2.15. The topological polar surface area (TPSA) is 0 Å². The summed E-state index contributed by atoms with van der Waals surface area (Å²) in [6, 6.07) is 0.748. The van der Waals surface area contributed by atoms with Gasteiger partial charge in [-0.2, -0.15) is 0 Å². The van der Waals surface area contributed by atoms with E-state index in [1.807, 2.05) is 0 Å². The minimum absolute atomic E-state index is 0. The van der Waals surface area contributed by atoms with Crippen molar-refractivity contribution in [2.45, 2.75) is 13.8 Å². The maximum Gasteiger partial charge on any atom is 0.170 e. The first-order chi connectivity index (χ1) is 7.86. The Balaban J connectivity index is 0.00000162. The Kier molecular flexibility index (Phi) is 3.59. The molecule has 0 bridgehead atoms. The Morgan fingerprint density at radius 3 is 1.83 bits per heavy atom. The van der Waals surface area contributed by atoms with E-state index in [0.29, 0.717) is 0 Å². The highest BCUT2D eigenvalue weighted by Crippen LogP contribution is 2.32. The molecule has 6 heteroatoms. The van der Waals surface area contributed by atoms with Crippen LogP contribution in [0.25, 0.3) is 10.8 Å². The number of aryl methyl sites for hydroxylation is 1. The molecule has 0 heterocycles. The van der Waals surface area contributed by atoms with Crippen LogP contribution in [-0.4, -0.2) is 0 Å². The van der Waals surface area contributed by atoms with E-state index < -0.39 is 45.4 Å². The summed E-state index contributed by atoms with van der Waals surface area (Å²) >= 11 is 0. The predicted molar refractivity (Wildman–Crippen MR) is 55.7 cm³/mol. The molecule has 0 N–H and O–H groups in total. The first-order valence-electron chi connectivity index (χ1n) is 4.77. The van der Waals surface area contributed by atoms with Crippen molar-refractivity contribution < 1.29 is 26.7 Å². The highest BCUT2D eigenvalue weighted by molar-refractivity contribution is 5.86. The maximum atomic E-state index is 13.6. The minimum atomic E-state index is -1.57. The van der Waals surface area contributed by atoms with E-state index in [4.69, 9.17) is 0 Å². The number of benzene rings is 2. The Hall–Kier alpha value is -1.72. The Labute approximate surface area is 98.4 Å². The van der Waals surface area contributed by atoms with E-state index >= 15 is 0 Å². The van der Waals surface area contributed by atoms with Crippen LogP contribution in [0, 0.1) is 42.9 Å². The van der Waals surface area contributed by atoms with Gasteiger partial charge >= 0.3 is 0 Å². The minimum Gasteiger partial charge on any atom is -0.269 e. The van der Waals surface area contributed by atoms with Gasteiger partial charge in [0.25, 0.3) is 0 Å². The zero-order valence-electron chi connectivity index (χ0n) is 9.38. The van der Waals surface area contributed by atoms with Crippen LogP contribution in [-0.2, 0) is 0 Å². The van der Waals surface area contributed by atoms with Gasteiger partial charge in [-0.15, -0.1) is 0 Å². The third kappa shape index (κ3) is 1.72. The summed E-state index contributed by atoms with van der Waals surface area (Å²) in [5.74, 6) is -6.62. The van der Waals surface area contributed by atoms with Crippen LogP contribution in [0.15, 0.2) is 6.07 Å². The quantitative estimate of drug-likeness (QED) is 0.492. The first kappa shape index (κ1) is 14.3. The van der Waals surface area contributed by atoms with Gasteiger partial charge < -0.3 is 0 Å². The molecule has 0 saturated heterocycles. The van der Waals surface area contributed by atoms with Crippen LogP contribution in [0.4, 0.5) is 26.7 Å². The molecule has 0 radical (unpaired) electrons. The Bertz CT molecular complexity index is 633. The molecule has 0 fully saturated rings. The Morgan fingerprint density at radius 2 is 1.28 bits per heavy atom. The molecule has 18 heavy (non-hydrogen) atoms. The molecule has 98 valence electrons. The van der Waals surface area contributed by atoms with Gasteiger partial charge in [-0.05, 0) is 25.5 Å². The van der Waals surface area contributed by atoms with Crippen molar-refractivity contribution in [3.05, 3.63) is 46.3 Å². The summed E-state index contributed by atoms with van der Waals surface area (Å²) < 4.78 is 67.4. The van der Waals surface area contributed by atoms with Gasteiger partial charge in [0.15, 0.2) is 11.6 Å². The zero-order valence-corrected chi connectivity index (χ0v) is 9.38. The van der Waals surface area contributed by atoms with E-state index in [1.165, 1.54) is 6.92 Å². The van der Waals surface area contributed by atoms with Gasteiger partial charge in [0.2, 0.25) is 0 Å². The largest absolute Gasteiger partial charge is 0.269 e. The summed E-state index contributed by atoms with van der Waals surface area (Å²) in [5, 5.41) is -1.84. The van der Waals surface area contributed by atoms with Gasteiger partial charge in [-0.3, -0.25) is 4.70 Å². The van der Waals surface area contributed by atoms with Crippen LogP contribution < -0.4 is 0 Å². The molecule has 0 spiro atoms. The lowest BCUT2D eigenvalue weighted by Crippen LogP contribution is -2.02. The predicted octanol–water partition coefficient (Wildman–Crippen LogP) is 4.30. The number of rotatable bonds is 0. The highest BCUT2D eigenvalue weighted by atomic mass is 19.2. The first-order valence-corrected chi connectivity index (χ1v) is 4.77. The summed E-state index contributed by atoms with van der Waals surface area (Å²) in [6.07, 6.45) is 0. The monoisotopic (exact) mass is 266 g/mol. The number of hydrogen-bond acceptors (Lipinski definition) is 0. The lowest BCUT2D eigenvalue weighted by Gasteiger charge is -2.10. The van der Waals surface area contributed by atoms with Gasteiger partial charge in [0.05, 0.1) is 10.8 Å². The zero-order chi connectivity index (χ0) is 12.9. The third-order valence-corrected chi connectivity index (χ3v) is 2.69. The lowest BCUT2D eigenvalue weighted by molar-refractivity contribution is 0.489. The molecule has 0 amide bonds. The fourth-order valence-electron chi connectivity index (χ4n) is 1.73. The van der Waals surface area contributed by atoms with Crippen LogP contribution in [0.3, 0.4) is 0 Å². The van der Waals surface area contributed by atoms with Crippen molar-refractivity contribution in [1.29, 1.82) is 0 Å². The fraction of sp³-hybridized carbons (Fsp3) is 0.167. The standard InChI is InChI=1S/C12H7F5.FH/c1-4-3-6(13)7-8(9(4)14)12(17)11(16)5(2)10(7)15;/h3H,1-2H3;1H. The average Bonchev–Trinajstić information content (AvgIpc) is 2.28. The summed E-state index contributed by atoms with van der Waals surface area (Å²) in [5.41, 5.74) is -0.881. The van der Waals surface area contributed by atoms with Crippen LogP contribution >= 0.6 is 0 Å². The molecule has 0 atom stereocenters. The van der Waals surface area contributed by atoms with Crippen molar-refractivity contribution >= 4 is 10.8 Å². The molecule has 0 aliphatic carbocycles. The average molecular weight is 266 g/mol. The van der Waals surface area contributed by atoms with Gasteiger partial charge in [-0.1, -0.05) is 0 Å². The van der Waals surface area contributed by atoms with E-state index in [-0.39, 0.29) is 10.3 Å². The normalized spacial score (nSPS) is 10.6. The molecular formula is C12H8F6. The van der Waals surface area contributed by atoms with Gasteiger partial charge in [0, 0.05) is 5.56 Å². The second kappa shape index (κ2) is 4.51. The fourth-order valence-corrected chi connectivity index (χ4v) is 1.73. The van der Waals surface area contributed by atoms with Crippen molar-refractivity contribution in [3.8, 4) is 0 Å². The Morgan fingerprint density at radius 1 is 0.722 bits per heavy atom. The molecular weight excluding hydrogens is 258 g/mol. The third-order valence-electron chi connectivity index (χ3n) is 2.69. The van der Waals surface area contributed by atoms with Gasteiger partial charge in [-0.25, -0.2) is 22.0 Å². The second-order valence-electron chi connectivity index (χ2n) is 3.81. The molecule has 2 aromatic carbocycles. The molecule has 0 unspecified atom stereocenters. The highest BCUT2D eigenvalue weighted by Gasteiger charge is 2.23. The van der Waals surface area contributed by atoms with E-state index in [2.05, 4.69) is 0 Å². The van der Waals surface area contributed by atoms with Gasteiger partial charge in [0.1, 0.15) is 17.5 Å². The maximum absolute atomic E-state index is 13.6.